The van der Waals surface area contributed by atoms with E-state index in [0.717, 1.165) is 29.1 Å². The Bertz CT molecular complexity index is 278. The van der Waals surface area contributed by atoms with E-state index in [0.29, 0.717) is 5.41 Å². The van der Waals surface area contributed by atoms with Gasteiger partial charge in [-0.3, -0.25) is 0 Å². The Kier molecular flexibility index (Phi) is 1.91. The molecule has 0 radical (unpaired) electrons. The zero-order valence-corrected chi connectivity index (χ0v) is 10.8. The zero-order valence-electron chi connectivity index (χ0n) is 10.8. The third-order valence-corrected chi connectivity index (χ3v) is 6.95. The molecule has 0 heterocycles. The summed E-state index contributed by atoms with van der Waals surface area (Å²) in [6, 6.07) is 0. The molecule has 0 aliphatic heterocycles. The van der Waals surface area contributed by atoms with E-state index in [9.17, 15) is 0 Å². The molecule has 0 N–H and O–H groups in total. The predicted molar refractivity (Wildman–Crippen MR) is 64.6 cm³/mol. The number of fused-ring (bicyclic) bond motifs is 1. The van der Waals surface area contributed by atoms with Crippen LogP contribution in [0.4, 0.5) is 0 Å². The van der Waals surface area contributed by atoms with Crippen LogP contribution in [0.25, 0.3) is 0 Å². The summed E-state index contributed by atoms with van der Waals surface area (Å²) < 4.78 is 0. The fourth-order valence-corrected chi connectivity index (χ4v) is 6.02. The molecule has 0 saturated heterocycles. The maximum Gasteiger partial charge on any atom is -0.0187 e. The van der Waals surface area contributed by atoms with Crippen molar-refractivity contribution in [3.05, 3.63) is 0 Å². The predicted octanol–water partition coefficient (Wildman–Crippen LogP) is 4.49. The quantitative estimate of drug-likeness (QED) is 0.547. The average molecular weight is 206 g/mol. The molecular weight excluding hydrogens is 180 g/mol. The lowest BCUT2D eigenvalue weighted by Crippen LogP contribution is -2.46. The Morgan fingerprint density at radius 2 is 1.73 bits per heavy atom. The van der Waals surface area contributed by atoms with Crippen molar-refractivity contribution >= 4 is 0 Å². The molecule has 0 heteroatoms. The minimum absolute atomic E-state index is 0.639. The number of hydrogen-bond donors (Lipinski definition) is 0. The second-order valence-electron chi connectivity index (χ2n) is 7.30. The first-order chi connectivity index (χ1) is 7.00. The van der Waals surface area contributed by atoms with Gasteiger partial charge < -0.3 is 0 Å². The van der Waals surface area contributed by atoms with E-state index in [1.165, 1.54) is 25.7 Å². The molecule has 0 amide bonds. The van der Waals surface area contributed by atoms with Crippen molar-refractivity contribution in [3.8, 4) is 0 Å². The average Bonchev–Trinajstić information content (AvgIpc) is 2.53. The van der Waals surface area contributed by atoms with E-state index in [1.54, 1.807) is 6.42 Å². The van der Waals surface area contributed by atoms with Crippen molar-refractivity contribution < 1.29 is 0 Å². The third-order valence-electron chi connectivity index (χ3n) is 6.95. The van der Waals surface area contributed by atoms with Gasteiger partial charge in [-0.25, -0.2) is 0 Å². The first-order valence-electron chi connectivity index (χ1n) is 7.00. The molecule has 3 rings (SSSR count). The van der Waals surface area contributed by atoms with Crippen LogP contribution in [-0.4, -0.2) is 0 Å². The van der Waals surface area contributed by atoms with Gasteiger partial charge in [-0.05, 0) is 66.6 Å². The first-order valence-corrected chi connectivity index (χ1v) is 7.00. The van der Waals surface area contributed by atoms with Crippen LogP contribution in [-0.2, 0) is 0 Å². The molecule has 0 aromatic heterocycles. The molecule has 3 aliphatic rings. The number of rotatable bonds is 0. The van der Waals surface area contributed by atoms with Crippen molar-refractivity contribution in [1.82, 2.24) is 0 Å². The summed E-state index contributed by atoms with van der Waals surface area (Å²) in [5.41, 5.74) is 1.37. The minimum atomic E-state index is 0.639. The molecule has 0 unspecified atom stereocenters. The van der Waals surface area contributed by atoms with Crippen LogP contribution in [0.1, 0.15) is 59.8 Å². The Labute approximate surface area is 94.8 Å². The standard InChI is InChI=1S/C15H26/c1-10-7-8-15-11(2)5-6-12(9-13(10)15)14(15,3)4/h10-13H,5-9H2,1-4H3/t10-,11+,12+,13-,15-/m1/s1. The smallest absolute Gasteiger partial charge is 0.0187 e. The van der Waals surface area contributed by atoms with E-state index in [2.05, 4.69) is 27.7 Å². The van der Waals surface area contributed by atoms with Crippen LogP contribution < -0.4 is 0 Å². The normalized spacial score (nSPS) is 56.8. The molecule has 86 valence electrons. The van der Waals surface area contributed by atoms with Crippen LogP contribution in [0.15, 0.2) is 0 Å². The Balaban J connectivity index is 2.10. The SMILES string of the molecule is C[C@@H]1CC[C@]23[C@@H]1C[C@H](CC[C@@H]2C)C3(C)C. The zero-order chi connectivity index (χ0) is 10.8. The van der Waals surface area contributed by atoms with Crippen LogP contribution >= 0.6 is 0 Å². The van der Waals surface area contributed by atoms with Gasteiger partial charge in [0.15, 0.2) is 0 Å². The topological polar surface area (TPSA) is 0 Å². The summed E-state index contributed by atoms with van der Waals surface area (Å²) in [6.07, 6.45) is 7.61. The maximum atomic E-state index is 2.59. The second-order valence-corrected chi connectivity index (χ2v) is 7.30. The summed E-state index contributed by atoms with van der Waals surface area (Å²) in [4.78, 5) is 0. The lowest BCUT2D eigenvalue weighted by Gasteiger charge is -2.52. The highest BCUT2D eigenvalue weighted by atomic mass is 14.7. The largest absolute Gasteiger partial charge is 0.0622 e. The molecule has 3 saturated carbocycles. The number of hydrogen-bond acceptors (Lipinski definition) is 0. The highest BCUT2D eigenvalue weighted by Crippen LogP contribution is 2.74. The molecule has 1 spiro atoms. The lowest BCUT2D eigenvalue weighted by molar-refractivity contribution is -0.0406. The van der Waals surface area contributed by atoms with Gasteiger partial charge in [0.2, 0.25) is 0 Å². The molecular formula is C15H26. The molecule has 0 nitrogen and oxygen atoms in total. The summed E-state index contributed by atoms with van der Waals surface area (Å²) >= 11 is 0. The monoisotopic (exact) mass is 206 g/mol. The molecule has 2 bridgehead atoms. The molecule has 3 fully saturated rings. The molecule has 15 heavy (non-hydrogen) atoms. The van der Waals surface area contributed by atoms with Gasteiger partial charge in [-0.2, -0.15) is 0 Å². The van der Waals surface area contributed by atoms with Crippen LogP contribution in [0.3, 0.4) is 0 Å². The lowest BCUT2D eigenvalue weighted by atomic mass is 9.52. The van der Waals surface area contributed by atoms with Crippen molar-refractivity contribution in [2.75, 3.05) is 0 Å². The highest BCUT2D eigenvalue weighted by Gasteiger charge is 2.66. The van der Waals surface area contributed by atoms with E-state index in [1.807, 2.05) is 0 Å². The van der Waals surface area contributed by atoms with E-state index < -0.39 is 0 Å². The van der Waals surface area contributed by atoms with Crippen molar-refractivity contribution in [3.63, 3.8) is 0 Å². The molecule has 3 aliphatic carbocycles. The van der Waals surface area contributed by atoms with E-state index >= 15 is 0 Å². The van der Waals surface area contributed by atoms with Gasteiger partial charge in [0.25, 0.3) is 0 Å². The van der Waals surface area contributed by atoms with Gasteiger partial charge in [-0.15, -0.1) is 0 Å². The molecule has 5 atom stereocenters. The van der Waals surface area contributed by atoms with Gasteiger partial charge in [0.1, 0.15) is 0 Å². The van der Waals surface area contributed by atoms with Gasteiger partial charge in [0.05, 0.1) is 0 Å². The van der Waals surface area contributed by atoms with Crippen LogP contribution in [0.2, 0.25) is 0 Å². The Hall–Kier alpha value is 0. The van der Waals surface area contributed by atoms with Gasteiger partial charge >= 0.3 is 0 Å². The minimum Gasteiger partial charge on any atom is -0.0622 e. The molecule has 0 aromatic carbocycles. The third kappa shape index (κ3) is 0.953. The summed E-state index contributed by atoms with van der Waals surface area (Å²) in [7, 11) is 0. The highest BCUT2D eigenvalue weighted by molar-refractivity contribution is 5.15. The van der Waals surface area contributed by atoms with E-state index in [4.69, 9.17) is 0 Å². The summed E-state index contributed by atoms with van der Waals surface area (Å²) in [6.45, 7) is 10.2. The van der Waals surface area contributed by atoms with Crippen molar-refractivity contribution in [2.45, 2.75) is 59.8 Å². The van der Waals surface area contributed by atoms with Crippen molar-refractivity contribution in [1.29, 1.82) is 0 Å². The van der Waals surface area contributed by atoms with Crippen LogP contribution in [0, 0.1) is 34.5 Å². The van der Waals surface area contributed by atoms with E-state index in [-0.39, 0.29) is 0 Å². The van der Waals surface area contributed by atoms with Crippen molar-refractivity contribution in [2.24, 2.45) is 34.5 Å². The van der Waals surface area contributed by atoms with Gasteiger partial charge in [0, 0.05) is 0 Å². The first kappa shape index (κ1) is 10.2. The Morgan fingerprint density at radius 3 is 2.47 bits per heavy atom. The maximum absolute atomic E-state index is 2.59. The fourth-order valence-electron chi connectivity index (χ4n) is 6.02. The Morgan fingerprint density at radius 1 is 1.00 bits per heavy atom. The summed E-state index contributed by atoms with van der Waals surface area (Å²) in [5.74, 6) is 4.10. The van der Waals surface area contributed by atoms with Gasteiger partial charge in [-0.1, -0.05) is 27.7 Å². The van der Waals surface area contributed by atoms with Crippen LogP contribution in [0.5, 0.6) is 0 Å². The fraction of sp³-hybridized carbons (Fsp3) is 1.00. The summed E-state index contributed by atoms with van der Waals surface area (Å²) in [5, 5.41) is 0. The molecule has 0 aromatic rings. The second kappa shape index (κ2) is 2.81.